The highest BCUT2D eigenvalue weighted by molar-refractivity contribution is 5.90. The minimum absolute atomic E-state index is 0.0295. The van der Waals surface area contributed by atoms with E-state index < -0.39 is 0 Å². The van der Waals surface area contributed by atoms with E-state index in [1.54, 1.807) is 18.1 Å². The number of aliphatic hydroxyl groups excluding tert-OH is 1. The number of ether oxygens (including phenoxy) is 2. The lowest BCUT2D eigenvalue weighted by Gasteiger charge is -2.21. The van der Waals surface area contributed by atoms with E-state index in [-0.39, 0.29) is 18.7 Å². The van der Waals surface area contributed by atoms with Crippen molar-refractivity contribution in [1.82, 2.24) is 0 Å². The van der Waals surface area contributed by atoms with Gasteiger partial charge in [0.2, 0.25) is 0 Å². The van der Waals surface area contributed by atoms with Crippen LogP contribution in [-0.2, 0) is 4.74 Å². The Labute approximate surface area is 99.6 Å². The maximum Gasteiger partial charge on any atom is 0.414 e. The summed E-state index contributed by atoms with van der Waals surface area (Å²) in [5.74, 6) is 0.685. The second-order valence-electron chi connectivity index (χ2n) is 3.81. The van der Waals surface area contributed by atoms with Gasteiger partial charge in [0.25, 0.3) is 0 Å². The van der Waals surface area contributed by atoms with Crippen LogP contribution in [0.4, 0.5) is 10.5 Å². The van der Waals surface area contributed by atoms with E-state index in [1.165, 1.54) is 0 Å². The molecular weight excluding hydrogens is 222 g/mol. The van der Waals surface area contributed by atoms with E-state index in [9.17, 15) is 4.79 Å². The van der Waals surface area contributed by atoms with E-state index in [1.807, 2.05) is 18.2 Å². The van der Waals surface area contributed by atoms with Crippen molar-refractivity contribution >= 4 is 11.8 Å². The van der Waals surface area contributed by atoms with E-state index in [4.69, 9.17) is 14.6 Å². The van der Waals surface area contributed by atoms with Crippen LogP contribution in [0.3, 0.4) is 0 Å². The van der Waals surface area contributed by atoms with Gasteiger partial charge >= 0.3 is 6.09 Å². The minimum Gasteiger partial charge on any atom is -0.497 e. The largest absolute Gasteiger partial charge is 0.497 e. The highest BCUT2D eigenvalue weighted by Gasteiger charge is 2.33. The van der Waals surface area contributed by atoms with Gasteiger partial charge in [0.05, 0.1) is 18.8 Å². The Bertz CT molecular complexity index is 407. The van der Waals surface area contributed by atoms with Crippen molar-refractivity contribution in [3.8, 4) is 5.75 Å². The fraction of sp³-hybridized carbons (Fsp3) is 0.417. The third kappa shape index (κ3) is 2.34. The lowest BCUT2D eigenvalue weighted by molar-refractivity contribution is 0.176. The molecule has 0 aromatic heterocycles. The highest BCUT2D eigenvalue weighted by atomic mass is 16.6. The Morgan fingerprint density at radius 3 is 3.12 bits per heavy atom. The number of rotatable bonds is 4. The molecule has 0 bridgehead atoms. The number of hydrogen-bond donors (Lipinski definition) is 1. The zero-order valence-corrected chi connectivity index (χ0v) is 9.63. The quantitative estimate of drug-likeness (QED) is 0.860. The summed E-state index contributed by atoms with van der Waals surface area (Å²) in [5, 5.41) is 8.96. The second-order valence-corrected chi connectivity index (χ2v) is 3.81. The average Bonchev–Trinajstić information content (AvgIpc) is 2.71. The molecule has 1 aromatic rings. The van der Waals surface area contributed by atoms with Gasteiger partial charge < -0.3 is 14.6 Å². The summed E-state index contributed by atoms with van der Waals surface area (Å²) in [4.78, 5) is 13.2. The van der Waals surface area contributed by atoms with Crippen molar-refractivity contribution in [2.75, 3.05) is 25.2 Å². The van der Waals surface area contributed by atoms with Crippen molar-refractivity contribution in [2.45, 2.75) is 12.5 Å². The zero-order chi connectivity index (χ0) is 12.3. The number of cyclic esters (lactones) is 1. The third-order valence-corrected chi connectivity index (χ3v) is 2.75. The molecule has 1 aliphatic rings. The molecule has 1 amide bonds. The molecule has 1 aliphatic heterocycles. The summed E-state index contributed by atoms with van der Waals surface area (Å²) in [5.41, 5.74) is 0.727. The fourth-order valence-corrected chi connectivity index (χ4v) is 1.90. The van der Waals surface area contributed by atoms with Crippen LogP contribution >= 0.6 is 0 Å². The standard InChI is InChI=1S/C12H15NO4/c1-16-11-4-2-3-9(7-11)13-10(5-6-14)8-17-12(13)15/h2-4,7,10,14H,5-6,8H2,1H3. The van der Waals surface area contributed by atoms with Crippen LogP contribution in [0, 0.1) is 0 Å². The maximum absolute atomic E-state index is 11.6. The van der Waals surface area contributed by atoms with Crippen LogP contribution < -0.4 is 9.64 Å². The molecule has 17 heavy (non-hydrogen) atoms. The first-order valence-electron chi connectivity index (χ1n) is 5.47. The van der Waals surface area contributed by atoms with Gasteiger partial charge in [-0.15, -0.1) is 0 Å². The molecule has 1 atom stereocenters. The number of benzene rings is 1. The van der Waals surface area contributed by atoms with E-state index >= 15 is 0 Å². The molecule has 0 spiro atoms. The van der Waals surface area contributed by atoms with Crippen LogP contribution in [0.15, 0.2) is 24.3 Å². The first-order chi connectivity index (χ1) is 8.26. The van der Waals surface area contributed by atoms with Crippen LogP contribution in [0.5, 0.6) is 5.75 Å². The predicted molar refractivity (Wildman–Crippen MR) is 62.3 cm³/mol. The fourth-order valence-electron chi connectivity index (χ4n) is 1.90. The second kappa shape index (κ2) is 5.05. The molecule has 1 fully saturated rings. The molecular formula is C12H15NO4. The van der Waals surface area contributed by atoms with Gasteiger partial charge in [-0.25, -0.2) is 4.79 Å². The van der Waals surface area contributed by atoms with Gasteiger partial charge in [0.15, 0.2) is 0 Å². The summed E-state index contributed by atoms with van der Waals surface area (Å²) >= 11 is 0. The molecule has 0 saturated carbocycles. The molecule has 0 aliphatic carbocycles. The number of carbonyl (C=O) groups excluding carboxylic acids is 1. The molecule has 0 radical (unpaired) electrons. The molecule has 92 valence electrons. The lowest BCUT2D eigenvalue weighted by atomic mass is 10.2. The minimum atomic E-state index is -0.378. The SMILES string of the molecule is COc1cccc(N2C(=O)OCC2CCO)c1. The van der Waals surface area contributed by atoms with Crippen molar-refractivity contribution in [2.24, 2.45) is 0 Å². The predicted octanol–water partition coefficient (Wildman–Crippen LogP) is 1.40. The van der Waals surface area contributed by atoms with Crippen molar-refractivity contribution in [1.29, 1.82) is 0 Å². The number of amides is 1. The third-order valence-electron chi connectivity index (χ3n) is 2.75. The van der Waals surface area contributed by atoms with Crippen LogP contribution in [0.25, 0.3) is 0 Å². The lowest BCUT2D eigenvalue weighted by Crippen LogP contribution is -2.34. The molecule has 5 heteroatoms. The highest BCUT2D eigenvalue weighted by Crippen LogP contribution is 2.27. The maximum atomic E-state index is 11.6. The van der Waals surface area contributed by atoms with E-state index in [0.717, 1.165) is 5.69 Å². The van der Waals surface area contributed by atoms with Gasteiger partial charge in [-0.2, -0.15) is 0 Å². The van der Waals surface area contributed by atoms with Gasteiger partial charge in [-0.05, 0) is 18.6 Å². The van der Waals surface area contributed by atoms with E-state index in [2.05, 4.69) is 0 Å². The van der Waals surface area contributed by atoms with Crippen molar-refractivity contribution in [3.63, 3.8) is 0 Å². The van der Waals surface area contributed by atoms with Crippen molar-refractivity contribution < 1.29 is 19.4 Å². The van der Waals surface area contributed by atoms with Crippen molar-refractivity contribution in [3.05, 3.63) is 24.3 Å². The molecule has 1 N–H and O–H groups in total. The summed E-state index contributed by atoms with van der Waals surface area (Å²) in [6, 6.07) is 7.11. The van der Waals surface area contributed by atoms with Crippen LogP contribution in [-0.4, -0.2) is 37.6 Å². The van der Waals surface area contributed by atoms with Gasteiger partial charge in [-0.1, -0.05) is 6.07 Å². The van der Waals surface area contributed by atoms with Gasteiger partial charge in [0, 0.05) is 12.7 Å². The monoisotopic (exact) mass is 237 g/mol. The summed E-state index contributed by atoms with van der Waals surface area (Å²) < 4.78 is 10.1. The number of methoxy groups -OCH3 is 1. The van der Waals surface area contributed by atoms with Gasteiger partial charge in [-0.3, -0.25) is 4.90 Å². The average molecular weight is 237 g/mol. The molecule has 2 rings (SSSR count). The number of anilines is 1. The van der Waals surface area contributed by atoms with Crippen LogP contribution in [0.1, 0.15) is 6.42 Å². The summed E-state index contributed by atoms with van der Waals surface area (Å²) in [6.07, 6.45) is 0.125. The number of hydrogen-bond acceptors (Lipinski definition) is 4. The first-order valence-corrected chi connectivity index (χ1v) is 5.47. The summed E-state index contributed by atoms with van der Waals surface area (Å²) in [7, 11) is 1.58. The summed E-state index contributed by atoms with van der Waals surface area (Å²) in [6.45, 7) is 0.346. The topological polar surface area (TPSA) is 59.0 Å². The Balaban J connectivity index is 2.26. The first kappa shape index (κ1) is 11.7. The smallest absolute Gasteiger partial charge is 0.414 e. The number of nitrogens with zero attached hydrogens (tertiary/aromatic N) is 1. The van der Waals surface area contributed by atoms with E-state index in [0.29, 0.717) is 18.8 Å². The molecule has 1 saturated heterocycles. The molecule has 5 nitrogen and oxygen atoms in total. The zero-order valence-electron chi connectivity index (χ0n) is 9.63. The number of carbonyl (C=O) groups is 1. The van der Waals surface area contributed by atoms with Crippen LogP contribution in [0.2, 0.25) is 0 Å². The normalized spacial score (nSPS) is 19.3. The molecule has 1 aromatic carbocycles. The Kier molecular flexibility index (Phi) is 3.49. The molecule has 1 heterocycles. The molecule has 1 unspecified atom stereocenters. The Morgan fingerprint density at radius 2 is 2.41 bits per heavy atom. The van der Waals surface area contributed by atoms with Gasteiger partial charge in [0.1, 0.15) is 12.4 Å². The Morgan fingerprint density at radius 1 is 1.59 bits per heavy atom. The number of aliphatic hydroxyl groups is 1. The Hall–Kier alpha value is -1.75.